The van der Waals surface area contributed by atoms with Gasteiger partial charge >= 0.3 is 0 Å². The highest BCUT2D eigenvalue weighted by molar-refractivity contribution is 5.78. The summed E-state index contributed by atoms with van der Waals surface area (Å²) in [7, 11) is 0. The molecule has 4 heteroatoms. The minimum Gasteiger partial charge on any atom is -0.481 e. The Morgan fingerprint density at radius 2 is 2.06 bits per heavy atom. The second kappa shape index (κ2) is 6.25. The van der Waals surface area contributed by atoms with Crippen LogP contribution in [0.15, 0.2) is 24.3 Å². The van der Waals surface area contributed by atoms with E-state index in [0.717, 1.165) is 18.4 Å². The Hall–Kier alpha value is -1.55. The Morgan fingerprint density at radius 3 is 2.65 bits per heavy atom. The van der Waals surface area contributed by atoms with Crippen LogP contribution in [-0.4, -0.2) is 18.1 Å². The number of nitrogens with two attached hydrogens (primary N) is 2. The number of benzene rings is 1. The van der Waals surface area contributed by atoms with Crippen molar-refractivity contribution >= 4 is 5.91 Å². The lowest BCUT2D eigenvalue weighted by molar-refractivity contribution is -0.124. The maximum atomic E-state index is 11.0. The van der Waals surface area contributed by atoms with Crippen molar-refractivity contribution in [1.29, 1.82) is 0 Å². The molecule has 1 aromatic rings. The van der Waals surface area contributed by atoms with E-state index >= 15 is 0 Å². The van der Waals surface area contributed by atoms with Gasteiger partial charge in [-0.1, -0.05) is 25.1 Å². The molecule has 0 fully saturated rings. The highest BCUT2D eigenvalue weighted by atomic mass is 16.5. The van der Waals surface area contributed by atoms with Gasteiger partial charge in [-0.25, -0.2) is 0 Å². The van der Waals surface area contributed by atoms with Crippen molar-refractivity contribution in [3.8, 4) is 5.75 Å². The lowest BCUT2D eigenvalue weighted by Crippen LogP contribution is -2.31. The Kier molecular flexibility index (Phi) is 4.97. The molecule has 0 spiro atoms. The second-order valence-corrected chi connectivity index (χ2v) is 4.14. The summed E-state index contributed by atoms with van der Waals surface area (Å²) in [4.78, 5) is 11.0. The van der Waals surface area contributed by atoms with Crippen molar-refractivity contribution in [3.63, 3.8) is 0 Å². The first kappa shape index (κ1) is 13.5. The van der Waals surface area contributed by atoms with Crippen molar-refractivity contribution in [2.45, 2.75) is 38.8 Å². The molecule has 2 unspecified atom stereocenters. The van der Waals surface area contributed by atoms with Crippen LogP contribution in [0, 0.1) is 0 Å². The van der Waals surface area contributed by atoms with Crippen LogP contribution >= 0.6 is 0 Å². The standard InChI is InChI=1S/C13H20N2O2/c1-3-11(14)8-10-6-4-5-7-12(10)17-9(2)13(15)16/h4-7,9,11H,3,8,14H2,1-2H3,(H2,15,16). The molecular weight excluding hydrogens is 216 g/mol. The van der Waals surface area contributed by atoms with Crippen LogP contribution in [0.5, 0.6) is 5.75 Å². The van der Waals surface area contributed by atoms with E-state index in [1.165, 1.54) is 0 Å². The molecule has 0 radical (unpaired) electrons. The number of hydrogen-bond donors (Lipinski definition) is 2. The van der Waals surface area contributed by atoms with Gasteiger partial charge in [-0.2, -0.15) is 0 Å². The summed E-state index contributed by atoms with van der Waals surface area (Å²) in [5.74, 6) is 0.210. The van der Waals surface area contributed by atoms with Crippen LogP contribution in [0.2, 0.25) is 0 Å². The fourth-order valence-electron chi connectivity index (χ4n) is 1.46. The van der Waals surface area contributed by atoms with Gasteiger partial charge in [0.05, 0.1) is 0 Å². The molecule has 1 rings (SSSR count). The van der Waals surface area contributed by atoms with Gasteiger partial charge in [-0.15, -0.1) is 0 Å². The average molecular weight is 236 g/mol. The Morgan fingerprint density at radius 1 is 1.41 bits per heavy atom. The zero-order valence-corrected chi connectivity index (χ0v) is 10.3. The number of hydrogen-bond acceptors (Lipinski definition) is 3. The minimum absolute atomic E-state index is 0.101. The van der Waals surface area contributed by atoms with E-state index < -0.39 is 12.0 Å². The molecule has 0 saturated heterocycles. The zero-order chi connectivity index (χ0) is 12.8. The lowest BCUT2D eigenvalue weighted by atomic mass is 10.0. The van der Waals surface area contributed by atoms with E-state index in [-0.39, 0.29) is 6.04 Å². The summed E-state index contributed by atoms with van der Waals surface area (Å²) < 4.78 is 5.52. The number of ether oxygens (including phenoxy) is 1. The van der Waals surface area contributed by atoms with Gasteiger partial charge in [-0.3, -0.25) is 4.79 Å². The van der Waals surface area contributed by atoms with Gasteiger partial charge < -0.3 is 16.2 Å². The van der Waals surface area contributed by atoms with Crippen LogP contribution in [0.25, 0.3) is 0 Å². The van der Waals surface area contributed by atoms with Crippen LogP contribution in [0.4, 0.5) is 0 Å². The van der Waals surface area contributed by atoms with Crippen LogP contribution < -0.4 is 16.2 Å². The highest BCUT2D eigenvalue weighted by Gasteiger charge is 2.13. The molecule has 4 N–H and O–H groups in total. The molecule has 1 amide bonds. The first-order chi connectivity index (χ1) is 8.04. The molecule has 17 heavy (non-hydrogen) atoms. The van der Waals surface area contributed by atoms with Gasteiger partial charge in [0.15, 0.2) is 6.10 Å². The third-order valence-electron chi connectivity index (χ3n) is 2.68. The normalized spacial score (nSPS) is 14.1. The van der Waals surface area contributed by atoms with Gasteiger partial charge in [0.25, 0.3) is 5.91 Å². The third-order valence-corrected chi connectivity index (χ3v) is 2.68. The fourth-order valence-corrected chi connectivity index (χ4v) is 1.46. The highest BCUT2D eigenvalue weighted by Crippen LogP contribution is 2.21. The van der Waals surface area contributed by atoms with Crippen molar-refractivity contribution in [3.05, 3.63) is 29.8 Å². The van der Waals surface area contributed by atoms with E-state index in [4.69, 9.17) is 16.2 Å². The molecule has 2 atom stereocenters. The molecular formula is C13H20N2O2. The number of rotatable bonds is 6. The third kappa shape index (κ3) is 4.07. The molecule has 0 saturated carbocycles. The number of para-hydroxylation sites is 1. The van der Waals surface area contributed by atoms with E-state index in [1.807, 2.05) is 31.2 Å². The smallest absolute Gasteiger partial charge is 0.258 e. The van der Waals surface area contributed by atoms with E-state index in [0.29, 0.717) is 5.75 Å². The molecule has 0 aliphatic rings. The second-order valence-electron chi connectivity index (χ2n) is 4.14. The maximum Gasteiger partial charge on any atom is 0.258 e. The molecule has 0 aliphatic carbocycles. The summed E-state index contributed by atoms with van der Waals surface area (Å²) in [6.07, 6.45) is 1.01. The predicted octanol–water partition coefficient (Wildman–Crippen LogP) is 1.22. The molecule has 0 aliphatic heterocycles. The van der Waals surface area contributed by atoms with Crippen LogP contribution in [-0.2, 0) is 11.2 Å². The van der Waals surface area contributed by atoms with Crippen LogP contribution in [0.3, 0.4) is 0 Å². The van der Waals surface area contributed by atoms with E-state index in [2.05, 4.69) is 0 Å². The quantitative estimate of drug-likeness (QED) is 0.779. The first-order valence-corrected chi connectivity index (χ1v) is 5.84. The topological polar surface area (TPSA) is 78.3 Å². The molecule has 94 valence electrons. The Labute approximate surface area is 102 Å². The summed E-state index contributed by atoms with van der Waals surface area (Å²) >= 11 is 0. The SMILES string of the molecule is CCC(N)Cc1ccccc1OC(C)C(N)=O. The number of amides is 1. The van der Waals surface area contributed by atoms with Crippen molar-refractivity contribution in [2.24, 2.45) is 11.5 Å². The Bertz CT molecular complexity index is 379. The van der Waals surface area contributed by atoms with Crippen molar-refractivity contribution < 1.29 is 9.53 Å². The summed E-state index contributed by atoms with van der Waals surface area (Å²) in [5, 5.41) is 0. The van der Waals surface area contributed by atoms with Gasteiger partial charge in [0, 0.05) is 6.04 Å². The van der Waals surface area contributed by atoms with Crippen molar-refractivity contribution in [2.75, 3.05) is 0 Å². The molecule has 1 aromatic carbocycles. The molecule has 0 aromatic heterocycles. The van der Waals surface area contributed by atoms with E-state index in [1.54, 1.807) is 6.92 Å². The predicted molar refractivity (Wildman–Crippen MR) is 67.7 cm³/mol. The zero-order valence-electron chi connectivity index (χ0n) is 10.3. The Balaban J connectivity index is 2.80. The average Bonchev–Trinajstić information content (AvgIpc) is 2.31. The molecule has 4 nitrogen and oxygen atoms in total. The number of primary amides is 1. The molecule has 0 heterocycles. The van der Waals surface area contributed by atoms with Gasteiger partial charge in [0.1, 0.15) is 5.75 Å². The largest absolute Gasteiger partial charge is 0.481 e. The van der Waals surface area contributed by atoms with Gasteiger partial charge in [0.2, 0.25) is 0 Å². The lowest BCUT2D eigenvalue weighted by Gasteiger charge is -2.16. The summed E-state index contributed by atoms with van der Waals surface area (Å²) in [5.41, 5.74) is 12.1. The maximum absolute atomic E-state index is 11.0. The summed E-state index contributed by atoms with van der Waals surface area (Å²) in [6, 6.07) is 7.68. The monoisotopic (exact) mass is 236 g/mol. The minimum atomic E-state index is -0.631. The number of carbonyl (C=O) groups is 1. The van der Waals surface area contributed by atoms with Crippen molar-refractivity contribution in [1.82, 2.24) is 0 Å². The fraction of sp³-hybridized carbons (Fsp3) is 0.462. The molecule has 0 bridgehead atoms. The number of carbonyl (C=O) groups excluding carboxylic acids is 1. The first-order valence-electron chi connectivity index (χ1n) is 5.84. The van der Waals surface area contributed by atoms with Crippen LogP contribution in [0.1, 0.15) is 25.8 Å². The van der Waals surface area contributed by atoms with E-state index in [9.17, 15) is 4.79 Å². The summed E-state index contributed by atoms with van der Waals surface area (Å²) in [6.45, 7) is 3.68. The van der Waals surface area contributed by atoms with Gasteiger partial charge in [-0.05, 0) is 31.4 Å².